The van der Waals surface area contributed by atoms with Crippen molar-refractivity contribution in [2.75, 3.05) is 20.1 Å². The number of hydrogen-bond acceptors (Lipinski definition) is 2. The molecule has 2 nitrogen and oxygen atoms in total. The van der Waals surface area contributed by atoms with Crippen molar-refractivity contribution in [3.05, 3.63) is 12.3 Å². The SMILES string of the molecule is CCCCN1CC=CN1C.F[B-](F)(F)F.[H+]. The van der Waals surface area contributed by atoms with E-state index in [-0.39, 0.29) is 1.43 Å². The molecule has 0 spiro atoms. The maximum atomic E-state index is 9.75. The fraction of sp³-hybridized carbons (Fsp3) is 0.750. The molecule has 90 valence electrons. The second-order valence-electron chi connectivity index (χ2n) is 3.22. The highest BCUT2D eigenvalue weighted by Crippen LogP contribution is 2.06. The van der Waals surface area contributed by atoms with E-state index in [9.17, 15) is 17.3 Å². The summed E-state index contributed by atoms with van der Waals surface area (Å²) < 4.78 is 39.0. The topological polar surface area (TPSA) is 6.48 Å². The Morgan fingerprint density at radius 2 is 1.87 bits per heavy atom. The fourth-order valence-electron chi connectivity index (χ4n) is 1.13. The first-order chi connectivity index (χ1) is 6.84. The minimum absolute atomic E-state index is 0. The average molecular weight is 228 g/mol. The zero-order valence-electron chi connectivity index (χ0n) is 9.97. The van der Waals surface area contributed by atoms with Crippen molar-refractivity contribution < 1.29 is 18.7 Å². The van der Waals surface area contributed by atoms with Crippen LogP contribution in [0, 0.1) is 0 Å². The number of unbranched alkanes of at least 4 members (excludes halogenated alkanes) is 1. The van der Waals surface area contributed by atoms with Gasteiger partial charge in [-0.2, -0.15) is 0 Å². The molecule has 7 heteroatoms. The molecule has 0 aliphatic carbocycles. The summed E-state index contributed by atoms with van der Waals surface area (Å²) in [6.45, 7) is 4.51. The van der Waals surface area contributed by atoms with Crippen LogP contribution in [0.3, 0.4) is 0 Å². The molecule has 0 amide bonds. The quantitative estimate of drug-likeness (QED) is 0.541. The van der Waals surface area contributed by atoms with E-state index < -0.39 is 7.25 Å². The first-order valence-corrected chi connectivity index (χ1v) is 4.86. The van der Waals surface area contributed by atoms with Gasteiger partial charge in [-0.25, -0.2) is 5.01 Å². The van der Waals surface area contributed by atoms with E-state index in [1.54, 1.807) is 0 Å². The van der Waals surface area contributed by atoms with Crippen molar-refractivity contribution >= 4 is 7.25 Å². The Morgan fingerprint density at radius 3 is 2.20 bits per heavy atom. The Labute approximate surface area is 89.1 Å². The van der Waals surface area contributed by atoms with Crippen LogP contribution in [0.2, 0.25) is 0 Å². The predicted molar refractivity (Wildman–Crippen MR) is 54.7 cm³/mol. The fourth-order valence-corrected chi connectivity index (χ4v) is 1.13. The maximum Gasteiger partial charge on any atom is 1.00 e. The molecular weight excluding hydrogens is 211 g/mol. The Hall–Kier alpha value is -0.715. The van der Waals surface area contributed by atoms with Crippen molar-refractivity contribution in [3.8, 4) is 0 Å². The summed E-state index contributed by atoms with van der Waals surface area (Å²) in [6.07, 6.45) is 6.89. The van der Waals surface area contributed by atoms with Crippen LogP contribution in [0.15, 0.2) is 12.3 Å². The van der Waals surface area contributed by atoms with Gasteiger partial charge in [0.05, 0.1) is 0 Å². The summed E-state index contributed by atoms with van der Waals surface area (Å²) in [5, 5.41) is 4.50. The normalized spacial score (nSPS) is 16.5. The second kappa shape index (κ2) is 6.71. The Kier molecular flexibility index (Phi) is 6.39. The minimum atomic E-state index is -6.00. The van der Waals surface area contributed by atoms with E-state index in [1.807, 2.05) is 0 Å². The molecule has 1 heterocycles. The van der Waals surface area contributed by atoms with Crippen LogP contribution < -0.4 is 0 Å². The molecule has 1 rings (SSSR count). The van der Waals surface area contributed by atoms with Gasteiger partial charge in [0.15, 0.2) is 0 Å². The van der Waals surface area contributed by atoms with Gasteiger partial charge in [0.2, 0.25) is 0 Å². The first-order valence-electron chi connectivity index (χ1n) is 4.86. The number of nitrogens with zero attached hydrogens (tertiary/aromatic N) is 2. The van der Waals surface area contributed by atoms with Crippen molar-refractivity contribution in [2.45, 2.75) is 19.8 Å². The molecule has 0 fully saturated rings. The highest BCUT2D eigenvalue weighted by molar-refractivity contribution is 6.50. The van der Waals surface area contributed by atoms with E-state index in [0.29, 0.717) is 0 Å². The van der Waals surface area contributed by atoms with Gasteiger partial charge < -0.3 is 22.3 Å². The summed E-state index contributed by atoms with van der Waals surface area (Å²) in [5.74, 6) is 0. The maximum absolute atomic E-state index is 9.75. The lowest BCUT2D eigenvalue weighted by Crippen LogP contribution is -2.32. The number of hydrogen-bond donors (Lipinski definition) is 0. The molecule has 0 saturated heterocycles. The van der Waals surface area contributed by atoms with Crippen molar-refractivity contribution in [3.63, 3.8) is 0 Å². The van der Waals surface area contributed by atoms with E-state index in [4.69, 9.17) is 0 Å². The smallest absolute Gasteiger partial charge is 0.418 e. The van der Waals surface area contributed by atoms with Gasteiger partial charge in [-0.3, -0.25) is 0 Å². The molecule has 0 N–H and O–H groups in total. The third kappa shape index (κ3) is 9.59. The van der Waals surface area contributed by atoms with Crippen LogP contribution in [-0.4, -0.2) is 37.4 Å². The number of halogens is 4. The highest BCUT2D eigenvalue weighted by atomic mass is 19.5. The first kappa shape index (κ1) is 14.3. The second-order valence-corrected chi connectivity index (χ2v) is 3.22. The Balaban J connectivity index is 0. The van der Waals surface area contributed by atoms with E-state index in [2.05, 4.69) is 36.3 Å². The monoisotopic (exact) mass is 228 g/mol. The van der Waals surface area contributed by atoms with Crippen LogP contribution in [0.4, 0.5) is 17.3 Å². The Bertz CT molecular complexity index is 195. The molecule has 0 aromatic heterocycles. The molecule has 0 saturated carbocycles. The Morgan fingerprint density at radius 1 is 1.33 bits per heavy atom. The van der Waals surface area contributed by atoms with Crippen LogP contribution in [0.1, 0.15) is 21.2 Å². The standard InChI is InChI=1S/C8H16N2.BF4/c1-3-4-7-10-8-5-6-9(10)2;2-1(3,4)5/h5-6H,3-4,7-8H2,1-2H3;/q;-1/p+1. The molecule has 15 heavy (non-hydrogen) atoms. The molecule has 0 aromatic rings. The lowest BCUT2D eigenvalue weighted by Gasteiger charge is -2.24. The van der Waals surface area contributed by atoms with E-state index in [0.717, 1.165) is 6.54 Å². The third-order valence-corrected chi connectivity index (χ3v) is 1.85. The summed E-state index contributed by atoms with van der Waals surface area (Å²) >= 11 is 0. The van der Waals surface area contributed by atoms with Crippen LogP contribution >= 0.6 is 0 Å². The average Bonchev–Trinajstić information content (AvgIpc) is 2.45. The van der Waals surface area contributed by atoms with Crippen LogP contribution in [0.25, 0.3) is 0 Å². The lowest BCUT2D eigenvalue weighted by molar-refractivity contribution is 0.0786. The third-order valence-electron chi connectivity index (χ3n) is 1.85. The van der Waals surface area contributed by atoms with Gasteiger partial charge >= 0.3 is 8.68 Å². The zero-order valence-corrected chi connectivity index (χ0v) is 8.97. The molecule has 1 aliphatic heterocycles. The lowest BCUT2D eigenvalue weighted by atomic mass is 10.3. The molecular formula is C8H17BF4N2. The van der Waals surface area contributed by atoms with Gasteiger partial charge in [0.25, 0.3) is 0 Å². The highest BCUT2D eigenvalue weighted by Gasteiger charge is 2.20. The summed E-state index contributed by atoms with van der Waals surface area (Å²) in [5.41, 5.74) is 0. The summed E-state index contributed by atoms with van der Waals surface area (Å²) in [6, 6.07) is 0. The molecule has 0 bridgehead atoms. The molecule has 0 radical (unpaired) electrons. The van der Waals surface area contributed by atoms with E-state index in [1.165, 1.54) is 19.4 Å². The number of rotatable bonds is 3. The summed E-state index contributed by atoms with van der Waals surface area (Å²) in [4.78, 5) is 0. The molecule has 1 aliphatic rings. The predicted octanol–water partition coefficient (Wildman–Crippen LogP) is 2.88. The van der Waals surface area contributed by atoms with Gasteiger partial charge in [0.1, 0.15) is 0 Å². The molecule has 0 unspecified atom stereocenters. The van der Waals surface area contributed by atoms with Gasteiger partial charge in [-0.05, 0) is 6.42 Å². The molecule has 0 atom stereocenters. The van der Waals surface area contributed by atoms with Gasteiger partial charge in [-0.1, -0.05) is 19.4 Å². The van der Waals surface area contributed by atoms with Crippen molar-refractivity contribution in [1.29, 1.82) is 0 Å². The van der Waals surface area contributed by atoms with Gasteiger partial charge in [-0.15, -0.1) is 0 Å². The minimum Gasteiger partial charge on any atom is -0.418 e. The zero-order chi connectivity index (χ0) is 11.9. The van der Waals surface area contributed by atoms with Crippen molar-refractivity contribution in [2.24, 2.45) is 0 Å². The van der Waals surface area contributed by atoms with Crippen molar-refractivity contribution in [1.82, 2.24) is 10.0 Å². The largest absolute Gasteiger partial charge is 1.00 e. The molecule has 0 aromatic carbocycles. The van der Waals surface area contributed by atoms with Crippen LogP contribution in [0.5, 0.6) is 0 Å². The van der Waals surface area contributed by atoms with Crippen LogP contribution in [-0.2, 0) is 0 Å². The summed E-state index contributed by atoms with van der Waals surface area (Å²) in [7, 11) is -3.90. The van der Waals surface area contributed by atoms with Gasteiger partial charge in [0, 0.05) is 26.3 Å². The van der Waals surface area contributed by atoms with E-state index >= 15 is 0 Å². The number of hydrazine groups is 1.